The van der Waals surface area contributed by atoms with E-state index in [0.717, 1.165) is 28.1 Å². The van der Waals surface area contributed by atoms with Crippen molar-refractivity contribution in [1.82, 2.24) is 14.3 Å². The SMILES string of the molecule is Cc1cccc(-c2cc(NCCc3ccc([S+]([O-])N(C)C)cc3)nc(N)n2)c1C. The van der Waals surface area contributed by atoms with Crippen LogP contribution < -0.4 is 11.1 Å². The summed E-state index contributed by atoms with van der Waals surface area (Å²) in [7, 11) is 3.60. The fraction of sp³-hybridized carbons (Fsp3) is 0.273. The van der Waals surface area contributed by atoms with Crippen LogP contribution in [0.1, 0.15) is 16.7 Å². The first-order valence-corrected chi connectivity index (χ1v) is 10.6. The van der Waals surface area contributed by atoms with Crippen molar-refractivity contribution in [1.29, 1.82) is 0 Å². The van der Waals surface area contributed by atoms with Crippen LogP contribution in [0.25, 0.3) is 11.3 Å². The van der Waals surface area contributed by atoms with Gasteiger partial charge in [0.1, 0.15) is 5.82 Å². The maximum absolute atomic E-state index is 12.1. The maximum Gasteiger partial charge on any atom is 0.222 e. The number of aromatic nitrogens is 2. The van der Waals surface area contributed by atoms with Gasteiger partial charge in [-0.15, -0.1) is 4.31 Å². The molecule has 29 heavy (non-hydrogen) atoms. The Kier molecular flexibility index (Phi) is 6.74. The Morgan fingerprint density at radius 3 is 2.48 bits per heavy atom. The minimum atomic E-state index is -1.12. The van der Waals surface area contributed by atoms with Crippen LogP contribution in [0.5, 0.6) is 0 Å². The molecule has 0 aliphatic rings. The zero-order chi connectivity index (χ0) is 21.0. The standard InChI is InChI=1S/C22H27N5OS/c1-15-6-5-7-19(16(15)2)20-14-21(26-22(23)25-20)24-13-12-17-8-10-18(11-9-17)29(28)27(3)4/h5-11,14H,12-13H2,1-4H3,(H3,23,24,25,26). The minimum absolute atomic E-state index is 0.251. The van der Waals surface area contributed by atoms with Crippen molar-refractivity contribution in [2.45, 2.75) is 25.2 Å². The van der Waals surface area contributed by atoms with Gasteiger partial charge in [-0.2, -0.15) is 4.98 Å². The van der Waals surface area contributed by atoms with Crippen LogP contribution in [0.4, 0.5) is 11.8 Å². The minimum Gasteiger partial charge on any atom is -0.593 e. The van der Waals surface area contributed by atoms with E-state index in [2.05, 4.69) is 35.2 Å². The molecule has 0 spiro atoms. The summed E-state index contributed by atoms with van der Waals surface area (Å²) in [6.07, 6.45) is 0.817. The average Bonchev–Trinajstić information content (AvgIpc) is 2.69. The van der Waals surface area contributed by atoms with E-state index in [-0.39, 0.29) is 5.95 Å². The Balaban J connectivity index is 1.67. The highest BCUT2D eigenvalue weighted by Crippen LogP contribution is 2.26. The lowest BCUT2D eigenvalue weighted by Gasteiger charge is -2.15. The van der Waals surface area contributed by atoms with Crippen LogP contribution in [0.2, 0.25) is 0 Å². The molecule has 1 heterocycles. The fourth-order valence-corrected chi connectivity index (χ4v) is 3.83. The lowest BCUT2D eigenvalue weighted by atomic mass is 10.0. The van der Waals surface area contributed by atoms with Gasteiger partial charge in [0.05, 0.1) is 17.1 Å². The topological polar surface area (TPSA) is 90.1 Å². The number of nitrogens with zero attached hydrogens (tertiary/aromatic N) is 3. The molecule has 3 aromatic rings. The van der Waals surface area contributed by atoms with Gasteiger partial charge >= 0.3 is 0 Å². The number of hydrogen-bond donors (Lipinski definition) is 2. The average molecular weight is 410 g/mol. The number of benzene rings is 2. The van der Waals surface area contributed by atoms with Gasteiger partial charge in [-0.3, -0.25) is 0 Å². The molecule has 0 saturated heterocycles. The van der Waals surface area contributed by atoms with Crippen molar-refractivity contribution in [2.75, 3.05) is 31.7 Å². The predicted octanol–water partition coefficient (Wildman–Crippen LogP) is 3.58. The molecule has 152 valence electrons. The second kappa shape index (κ2) is 9.26. The van der Waals surface area contributed by atoms with Crippen molar-refractivity contribution in [2.24, 2.45) is 0 Å². The molecule has 6 nitrogen and oxygen atoms in total. The highest BCUT2D eigenvalue weighted by atomic mass is 32.2. The van der Waals surface area contributed by atoms with E-state index in [1.165, 1.54) is 11.1 Å². The van der Waals surface area contributed by atoms with Crippen LogP contribution in [-0.4, -0.2) is 39.5 Å². The van der Waals surface area contributed by atoms with E-state index < -0.39 is 11.4 Å². The van der Waals surface area contributed by atoms with Crippen LogP contribution >= 0.6 is 0 Å². The van der Waals surface area contributed by atoms with E-state index in [0.29, 0.717) is 12.4 Å². The highest BCUT2D eigenvalue weighted by Gasteiger charge is 2.13. The summed E-state index contributed by atoms with van der Waals surface area (Å²) in [4.78, 5) is 9.52. The smallest absolute Gasteiger partial charge is 0.222 e. The van der Waals surface area contributed by atoms with E-state index >= 15 is 0 Å². The van der Waals surface area contributed by atoms with Crippen LogP contribution in [0, 0.1) is 13.8 Å². The van der Waals surface area contributed by atoms with Crippen molar-refractivity contribution < 1.29 is 4.55 Å². The van der Waals surface area contributed by atoms with Gasteiger partial charge in [-0.25, -0.2) is 4.98 Å². The van der Waals surface area contributed by atoms with Gasteiger partial charge < -0.3 is 15.6 Å². The number of rotatable bonds is 7. The normalized spacial score (nSPS) is 12.2. The summed E-state index contributed by atoms with van der Waals surface area (Å²) in [5, 5.41) is 3.33. The monoisotopic (exact) mass is 409 g/mol. The molecule has 0 aliphatic carbocycles. The van der Waals surface area contributed by atoms with Gasteiger partial charge in [0, 0.05) is 32.3 Å². The van der Waals surface area contributed by atoms with E-state index in [4.69, 9.17) is 5.73 Å². The van der Waals surface area contributed by atoms with Gasteiger partial charge in [0.2, 0.25) is 5.95 Å². The molecular weight excluding hydrogens is 382 g/mol. The Bertz CT molecular complexity index is 975. The number of nitrogens with one attached hydrogen (secondary N) is 1. The van der Waals surface area contributed by atoms with Gasteiger partial charge in [-0.05, 0) is 49.1 Å². The van der Waals surface area contributed by atoms with Crippen molar-refractivity contribution in [3.8, 4) is 11.3 Å². The zero-order valence-electron chi connectivity index (χ0n) is 17.3. The van der Waals surface area contributed by atoms with E-state index in [9.17, 15) is 4.55 Å². The summed E-state index contributed by atoms with van der Waals surface area (Å²) >= 11 is -1.12. The van der Waals surface area contributed by atoms with Crippen molar-refractivity contribution in [3.05, 3.63) is 65.2 Å². The predicted molar refractivity (Wildman–Crippen MR) is 120 cm³/mol. The summed E-state index contributed by atoms with van der Waals surface area (Å²) in [5.41, 5.74) is 11.4. The van der Waals surface area contributed by atoms with Gasteiger partial charge in [-0.1, -0.05) is 30.3 Å². The Morgan fingerprint density at radius 1 is 1.07 bits per heavy atom. The maximum atomic E-state index is 12.1. The summed E-state index contributed by atoms with van der Waals surface area (Å²) in [6.45, 7) is 4.88. The molecule has 1 unspecified atom stereocenters. The number of anilines is 2. The van der Waals surface area contributed by atoms with Crippen LogP contribution in [0.3, 0.4) is 0 Å². The molecule has 0 amide bonds. The molecule has 1 atom stereocenters. The van der Waals surface area contributed by atoms with Crippen molar-refractivity contribution >= 4 is 23.1 Å². The number of nitrogens with two attached hydrogens (primary N) is 1. The molecule has 0 saturated carbocycles. The van der Waals surface area contributed by atoms with Gasteiger partial charge in [0.15, 0.2) is 4.90 Å². The van der Waals surface area contributed by atoms with Gasteiger partial charge in [0.25, 0.3) is 0 Å². The Hall–Kier alpha value is -2.61. The summed E-state index contributed by atoms with van der Waals surface area (Å²) < 4.78 is 13.8. The second-order valence-corrected chi connectivity index (χ2v) is 8.83. The van der Waals surface area contributed by atoms with E-state index in [1.54, 1.807) is 18.4 Å². The molecule has 3 N–H and O–H groups in total. The molecule has 0 fully saturated rings. The van der Waals surface area contributed by atoms with Crippen LogP contribution in [0.15, 0.2) is 53.4 Å². The summed E-state index contributed by atoms with van der Waals surface area (Å²) in [5.74, 6) is 0.958. The molecule has 0 radical (unpaired) electrons. The molecule has 7 heteroatoms. The zero-order valence-corrected chi connectivity index (χ0v) is 18.1. The fourth-order valence-electron chi connectivity index (χ4n) is 3.04. The highest BCUT2D eigenvalue weighted by molar-refractivity contribution is 7.89. The molecule has 3 rings (SSSR count). The first-order chi connectivity index (χ1) is 13.8. The molecule has 0 aliphatic heterocycles. The first kappa shape index (κ1) is 21.1. The molecule has 1 aromatic heterocycles. The summed E-state index contributed by atoms with van der Waals surface area (Å²) in [6, 6.07) is 15.9. The second-order valence-electron chi connectivity index (χ2n) is 7.13. The number of nitrogen functional groups attached to an aromatic ring is 1. The van der Waals surface area contributed by atoms with Crippen LogP contribution in [-0.2, 0) is 17.8 Å². The third-order valence-electron chi connectivity index (χ3n) is 4.80. The van der Waals surface area contributed by atoms with Crippen molar-refractivity contribution in [3.63, 3.8) is 0 Å². The van der Waals surface area contributed by atoms with E-state index in [1.807, 2.05) is 42.5 Å². The lowest BCUT2D eigenvalue weighted by Crippen LogP contribution is -2.22. The third kappa shape index (κ3) is 5.26. The molecule has 2 aromatic carbocycles. The third-order valence-corrected chi connectivity index (χ3v) is 6.14. The lowest BCUT2D eigenvalue weighted by molar-refractivity contribution is 0.520. The quantitative estimate of drug-likeness (QED) is 0.580. The molecular formula is C22H27N5OS. The first-order valence-electron chi connectivity index (χ1n) is 9.48. The molecule has 0 bridgehead atoms. The number of hydrogen-bond acceptors (Lipinski definition) is 6. The number of aryl methyl sites for hydroxylation is 1. The Labute approximate surface area is 175 Å². The largest absolute Gasteiger partial charge is 0.593 e. The Morgan fingerprint density at radius 2 is 1.79 bits per heavy atom.